The molecule has 3 saturated carbocycles. The van der Waals surface area contributed by atoms with Crippen LogP contribution in [0.5, 0.6) is 5.88 Å². The van der Waals surface area contributed by atoms with Crippen molar-refractivity contribution in [2.75, 3.05) is 19.4 Å². The Morgan fingerprint density at radius 2 is 1.79 bits per heavy atom. The zero-order chi connectivity index (χ0) is 24.7. The van der Waals surface area contributed by atoms with Crippen molar-refractivity contribution in [1.29, 1.82) is 0 Å². The van der Waals surface area contributed by atoms with E-state index in [4.69, 9.17) is 16.3 Å². The number of rotatable bonds is 9. The van der Waals surface area contributed by atoms with Crippen LogP contribution in [0.2, 0.25) is 5.02 Å². The minimum absolute atomic E-state index is 0.235. The summed E-state index contributed by atoms with van der Waals surface area (Å²) in [5.41, 5.74) is -1.71. The van der Waals surface area contributed by atoms with Crippen molar-refractivity contribution in [2.24, 2.45) is 17.3 Å². The van der Waals surface area contributed by atoms with E-state index in [0.717, 1.165) is 39.2 Å². The first kappa shape index (κ1) is 25.5. The highest BCUT2D eigenvalue weighted by Crippen LogP contribution is 2.49. The molecule has 1 amide bonds. The summed E-state index contributed by atoms with van der Waals surface area (Å²) in [4.78, 5) is 16.4. The number of halogens is 4. The van der Waals surface area contributed by atoms with E-state index in [2.05, 4.69) is 10.3 Å². The lowest BCUT2D eigenvalue weighted by molar-refractivity contribution is -0.141. The van der Waals surface area contributed by atoms with Crippen LogP contribution in [0, 0.1) is 17.3 Å². The molecule has 11 heteroatoms. The SMILES string of the molecule is COc1nc(C(F)(F)F)cc(Cl)c1C(=O)NC[C@]1(CC2CC2)CC[C@H](S(=O)(=O)CC2CC2)CC1. The minimum Gasteiger partial charge on any atom is -0.480 e. The number of aromatic nitrogens is 1. The fraction of sp³-hybridized carbons (Fsp3) is 0.739. The van der Waals surface area contributed by atoms with Crippen LogP contribution in [0.15, 0.2) is 6.07 Å². The number of hydrogen-bond donors (Lipinski definition) is 1. The van der Waals surface area contributed by atoms with Crippen molar-refractivity contribution < 1.29 is 31.1 Å². The standard InChI is InChI=1S/C23H30ClF3N2O4S/c1-33-21-19(17(24)10-18(29-21)23(25,26)27)20(30)28-13-22(11-14-2-3-14)8-6-16(7-9-22)34(31,32)12-15-4-5-15/h10,14-16H,2-9,11-13H2,1H3,(H,28,30)/t16-,22+. The second-order valence-electron chi connectivity index (χ2n) is 10.2. The van der Waals surface area contributed by atoms with Gasteiger partial charge in [0.25, 0.3) is 5.91 Å². The molecule has 1 heterocycles. The molecule has 6 nitrogen and oxygen atoms in total. The van der Waals surface area contributed by atoms with E-state index in [1.807, 2.05) is 0 Å². The average molecular weight is 523 g/mol. The van der Waals surface area contributed by atoms with E-state index in [0.29, 0.717) is 50.1 Å². The lowest BCUT2D eigenvalue weighted by Gasteiger charge is -2.40. The number of amides is 1. The van der Waals surface area contributed by atoms with Crippen LogP contribution in [0.3, 0.4) is 0 Å². The van der Waals surface area contributed by atoms with Gasteiger partial charge in [0.15, 0.2) is 9.84 Å². The predicted molar refractivity (Wildman–Crippen MR) is 122 cm³/mol. The number of alkyl halides is 3. The topological polar surface area (TPSA) is 85.4 Å². The van der Waals surface area contributed by atoms with Crippen molar-refractivity contribution in [3.8, 4) is 5.88 Å². The molecule has 1 N–H and O–H groups in total. The van der Waals surface area contributed by atoms with Gasteiger partial charge in [0.2, 0.25) is 5.88 Å². The van der Waals surface area contributed by atoms with Gasteiger partial charge in [-0.25, -0.2) is 13.4 Å². The number of carbonyl (C=O) groups is 1. The molecule has 3 aliphatic rings. The summed E-state index contributed by atoms with van der Waals surface area (Å²) in [5.74, 6) is 0.0375. The molecule has 0 aromatic carbocycles. The third-order valence-electron chi connectivity index (χ3n) is 7.36. The van der Waals surface area contributed by atoms with Gasteiger partial charge in [-0.1, -0.05) is 24.4 Å². The van der Waals surface area contributed by atoms with Gasteiger partial charge in [0.1, 0.15) is 11.3 Å². The molecule has 0 unspecified atom stereocenters. The maximum Gasteiger partial charge on any atom is 0.433 e. The van der Waals surface area contributed by atoms with Crippen LogP contribution >= 0.6 is 11.6 Å². The zero-order valence-electron chi connectivity index (χ0n) is 19.1. The second kappa shape index (κ2) is 9.48. The molecule has 4 rings (SSSR count). The molecular formula is C23H30ClF3N2O4S. The van der Waals surface area contributed by atoms with Crippen LogP contribution in [-0.2, 0) is 16.0 Å². The Kier molecular flexibility index (Phi) is 7.12. The zero-order valence-corrected chi connectivity index (χ0v) is 20.7. The number of nitrogens with zero attached hydrogens (tertiary/aromatic N) is 1. The average Bonchev–Trinajstić information content (AvgIpc) is 3.69. The van der Waals surface area contributed by atoms with Crippen molar-refractivity contribution in [3.63, 3.8) is 0 Å². The quantitative estimate of drug-likeness (QED) is 0.491. The largest absolute Gasteiger partial charge is 0.480 e. The number of pyridine rings is 1. The van der Waals surface area contributed by atoms with Gasteiger partial charge in [-0.15, -0.1) is 0 Å². The smallest absolute Gasteiger partial charge is 0.433 e. The summed E-state index contributed by atoms with van der Waals surface area (Å²) in [6.07, 6.45) is 2.94. The molecule has 34 heavy (non-hydrogen) atoms. The molecule has 0 spiro atoms. The highest BCUT2D eigenvalue weighted by molar-refractivity contribution is 7.92. The van der Waals surface area contributed by atoms with Gasteiger partial charge < -0.3 is 10.1 Å². The van der Waals surface area contributed by atoms with E-state index in [1.54, 1.807) is 0 Å². The number of carbonyl (C=O) groups excluding carboxylic acids is 1. The fourth-order valence-corrected chi connectivity index (χ4v) is 7.53. The Labute approximate surface area is 202 Å². The lowest BCUT2D eigenvalue weighted by atomic mass is 9.70. The maximum atomic E-state index is 13.1. The summed E-state index contributed by atoms with van der Waals surface area (Å²) >= 11 is 6.03. The normalized spacial score (nSPS) is 25.7. The number of nitrogens with one attached hydrogen (secondary N) is 1. The lowest BCUT2D eigenvalue weighted by Crippen LogP contribution is -2.43. The molecule has 0 bridgehead atoms. The summed E-state index contributed by atoms with van der Waals surface area (Å²) in [5, 5.41) is 2.12. The number of ether oxygens (including phenoxy) is 1. The number of hydrogen-bond acceptors (Lipinski definition) is 5. The molecule has 3 fully saturated rings. The molecule has 190 valence electrons. The molecule has 1 aromatic rings. The Morgan fingerprint density at radius 1 is 1.18 bits per heavy atom. The third kappa shape index (κ3) is 5.98. The molecular weight excluding hydrogens is 493 g/mol. The first-order valence-corrected chi connectivity index (χ1v) is 13.8. The van der Waals surface area contributed by atoms with Crippen molar-refractivity contribution in [2.45, 2.75) is 69.2 Å². The second-order valence-corrected chi connectivity index (χ2v) is 12.9. The van der Waals surface area contributed by atoms with E-state index >= 15 is 0 Å². The molecule has 0 radical (unpaired) electrons. The molecule has 0 saturated heterocycles. The first-order valence-electron chi connectivity index (χ1n) is 11.7. The van der Waals surface area contributed by atoms with E-state index < -0.39 is 33.5 Å². The van der Waals surface area contributed by atoms with Crippen LogP contribution < -0.4 is 10.1 Å². The predicted octanol–water partition coefficient (Wildman–Crippen LogP) is 5.05. The third-order valence-corrected chi connectivity index (χ3v) is 10.1. The summed E-state index contributed by atoms with van der Waals surface area (Å²) < 4.78 is 69.6. The first-order chi connectivity index (χ1) is 15.9. The minimum atomic E-state index is -4.72. The number of methoxy groups -OCH3 is 1. The van der Waals surface area contributed by atoms with Gasteiger partial charge in [-0.2, -0.15) is 13.2 Å². The van der Waals surface area contributed by atoms with Gasteiger partial charge in [-0.05, 0) is 68.3 Å². The van der Waals surface area contributed by atoms with Crippen molar-refractivity contribution in [3.05, 3.63) is 22.3 Å². The highest BCUT2D eigenvalue weighted by atomic mass is 35.5. The van der Waals surface area contributed by atoms with Gasteiger partial charge in [0, 0.05) is 6.54 Å². The van der Waals surface area contributed by atoms with Crippen LogP contribution in [-0.4, -0.2) is 44.0 Å². The monoisotopic (exact) mass is 522 g/mol. The summed E-state index contributed by atoms with van der Waals surface area (Å²) in [6.45, 7) is 0.304. The molecule has 3 aliphatic carbocycles. The van der Waals surface area contributed by atoms with Crippen LogP contribution in [0.25, 0.3) is 0 Å². The van der Waals surface area contributed by atoms with Crippen LogP contribution in [0.4, 0.5) is 13.2 Å². The van der Waals surface area contributed by atoms with Crippen molar-refractivity contribution in [1.82, 2.24) is 10.3 Å². The Morgan fingerprint density at radius 3 is 2.32 bits per heavy atom. The van der Waals surface area contributed by atoms with E-state index in [-0.39, 0.29) is 27.0 Å². The van der Waals surface area contributed by atoms with Gasteiger partial charge >= 0.3 is 6.18 Å². The van der Waals surface area contributed by atoms with Crippen molar-refractivity contribution >= 4 is 27.3 Å². The highest BCUT2D eigenvalue weighted by Gasteiger charge is 2.44. The molecule has 1 aromatic heterocycles. The van der Waals surface area contributed by atoms with E-state index in [9.17, 15) is 26.4 Å². The van der Waals surface area contributed by atoms with Gasteiger partial charge in [-0.3, -0.25) is 4.79 Å². The molecule has 0 atom stereocenters. The van der Waals surface area contributed by atoms with Gasteiger partial charge in [0.05, 0.1) is 23.1 Å². The Bertz CT molecular complexity index is 1030. The van der Waals surface area contributed by atoms with Crippen LogP contribution in [0.1, 0.15) is 73.8 Å². The summed E-state index contributed by atoms with van der Waals surface area (Å²) in [7, 11) is -1.98. The molecule has 0 aliphatic heterocycles. The maximum absolute atomic E-state index is 13.1. The summed E-state index contributed by atoms with van der Waals surface area (Å²) in [6, 6.07) is 0.620. The van der Waals surface area contributed by atoms with E-state index in [1.165, 1.54) is 0 Å². The Hall–Kier alpha value is -1.55. The number of sulfone groups is 1. The fourth-order valence-electron chi connectivity index (χ4n) is 5.05. The Balaban J connectivity index is 1.45.